The molecule has 2 aromatic rings. The summed E-state index contributed by atoms with van der Waals surface area (Å²) in [5.41, 5.74) is 2.31. The molecule has 0 amide bonds. The Labute approximate surface area is 115 Å². The molecule has 0 saturated carbocycles. The van der Waals surface area contributed by atoms with Gasteiger partial charge in [0, 0.05) is 11.6 Å². The summed E-state index contributed by atoms with van der Waals surface area (Å²) in [5.74, 6) is 0.684. The lowest BCUT2D eigenvalue weighted by Gasteiger charge is -2.19. The van der Waals surface area contributed by atoms with Gasteiger partial charge in [-0.2, -0.15) is 0 Å². The highest BCUT2D eigenvalue weighted by Crippen LogP contribution is 2.22. The van der Waals surface area contributed by atoms with E-state index in [1.54, 1.807) is 0 Å². The molecular formula is C16H21N3. The molecule has 1 aromatic heterocycles. The van der Waals surface area contributed by atoms with Gasteiger partial charge in [0.25, 0.3) is 0 Å². The third-order valence-electron chi connectivity index (χ3n) is 3.07. The minimum absolute atomic E-state index is 0.0371. The van der Waals surface area contributed by atoms with Crippen molar-refractivity contribution in [1.82, 2.24) is 9.97 Å². The van der Waals surface area contributed by atoms with Crippen LogP contribution in [0.4, 0.5) is 5.95 Å². The summed E-state index contributed by atoms with van der Waals surface area (Å²) in [6.45, 7) is 8.57. The topological polar surface area (TPSA) is 37.8 Å². The average molecular weight is 255 g/mol. The van der Waals surface area contributed by atoms with E-state index in [0.717, 1.165) is 5.69 Å². The van der Waals surface area contributed by atoms with Crippen molar-refractivity contribution in [3.63, 3.8) is 0 Å². The zero-order valence-corrected chi connectivity index (χ0v) is 12.0. The predicted molar refractivity (Wildman–Crippen MR) is 79.2 cm³/mol. The quantitative estimate of drug-likeness (QED) is 0.902. The number of rotatable bonds is 3. The highest BCUT2D eigenvalue weighted by Gasteiger charge is 2.16. The van der Waals surface area contributed by atoms with E-state index in [9.17, 15) is 0 Å². The second-order valence-corrected chi connectivity index (χ2v) is 5.79. The Morgan fingerprint density at radius 1 is 1.05 bits per heavy atom. The number of hydrogen-bond acceptors (Lipinski definition) is 3. The Kier molecular flexibility index (Phi) is 3.84. The van der Waals surface area contributed by atoms with Crippen LogP contribution in [0.1, 0.15) is 45.0 Å². The molecule has 3 nitrogen and oxygen atoms in total. The highest BCUT2D eigenvalue weighted by molar-refractivity contribution is 5.32. The zero-order chi connectivity index (χ0) is 13.9. The number of nitrogens with one attached hydrogen (secondary N) is 1. The predicted octanol–water partition coefficient (Wildman–Crippen LogP) is 3.95. The van der Waals surface area contributed by atoms with Crippen LogP contribution in [0.15, 0.2) is 42.6 Å². The molecule has 1 aromatic carbocycles. The normalized spacial score (nSPS) is 13.1. The molecule has 100 valence electrons. The van der Waals surface area contributed by atoms with Crippen molar-refractivity contribution >= 4 is 5.95 Å². The first-order valence-electron chi connectivity index (χ1n) is 6.62. The first-order valence-corrected chi connectivity index (χ1v) is 6.62. The molecule has 1 unspecified atom stereocenters. The monoisotopic (exact) mass is 255 g/mol. The summed E-state index contributed by atoms with van der Waals surface area (Å²) in [6, 6.07) is 12.5. The lowest BCUT2D eigenvalue weighted by molar-refractivity contribution is 0.567. The van der Waals surface area contributed by atoms with Crippen molar-refractivity contribution in [1.29, 1.82) is 0 Å². The molecule has 2 rings (SSSR count). The van der Waals surface area contributed by atoms with Crippen molar-refractivity contribution in [3.8, 4) is 0 Å². The number of benzene rings is 1. The van der Waals surface area contributed by atoms with E-state index in [4.69, 9.17) is 0 Å². The number of nitrogens with zero attached hydrogens (tertiary/aromatic N) is 2. The summed E-state index contributed by atoms with van der Waals surface area (Å²) in [5, 5.41) is 3.35. The van der Waals surface area contributed by atoms with Crippen molar-refractivity contribution in [3.05, 3.63) is 53.9 Å². The number of hydrogen-bond donors (Lipinski definition) is 1. The maximum atomic E-state index is 4.59. The summed E-state index contributed by atoms with van der Waals surface area (Å²) in [7, 11) is 0. The molecule has 0 fully saturated rings. The molecule has 1 heterocycles. The average Bonchev–Trinajstić information content (AvgIpc) is 2.39. The van der Waals surface area contributed by atoms with Gasteiger partial charge in [-0.3, -0.25) is 0 Å². The van der Waals surface area contributed by atoms with Crippen LogP contribution in [0.3, 0.4) is 0 Å². The van der Waals surface area contributed by atoms with Crippen LogP contribution in [-0.2, 0) is 5.41 Å². The van der Waals surface area contributed by atoms with E-state index in [0.29, 0.717) is 5.95 Å². The fourth-order valence-electron chi connectivity index (χ4n) is 1.86. The van der Waals surface area contributed by atoms with Gasteiger partial charge in [-0.25, -0.2) is 9.97 Å². The summed E-state index contributed by atoms with van der Waals surface area (Å²) in [6.07, 6.45) is 1.81. The SMILES string of the molecule is CC(Nc1nccc(C(C)(C)C)n1)c1ccccc1. The Bertz CT molecular complexity index is 529. The minimum Gasteiger partial charge on any atom is -0.348 e. The van der Waals surface area contributed by atoms with E-state index >= 15 is 0 Å². The van der Waals surface area contributed by atoms with Crippen molar-refractivity contribution in [2.45, 2.75) is 39.2 Å². The lowest BCUT2D eigenvalue weighted by Crippen LogP contribution is -2.16. The Hall–Kier alpha value is -1.90. The van der Waals surface area contributed by atoms with Crippen LogP contribution in [-0.4, -0.2) is 9.97 Å². The third-order valence-corrected chi connectivity index (χ3v) is 3.07. The minimum atomic E-state index is 0.0371. The van der Waals surface area contributed by atoms with Gasteiger partial charge in [-0.15, -0.1) is 0 Å². The molecule has 0 saturated heterocycles. The molecule has 0 aliphatic carbocycles. The van der Waals surface area contributed by atoms with E-state index in [1.807, 2.05) is 30.5 Å². The van der Waals surface area contributed by atoms with E-state index in [-0.39, 0.29) is 11.5 Å². The highest BCUT2D eigenvalue weighted by atomic mass is 15.1. The van der Waals surface area contributed by atoms with Gasteiger partial charge in [0.2, 0.25) is 5.95 Å². The largest absolute Gasteiger partial charge is 0.348 e. The smallest absolute Gasteiger partial charge is 0.223 e. The van der Waals surface area contributed by atoms with Crippen LogP contribution in [0, 0.1) is 0 Å². The van der Waals surface area contributed by atoms with E-state index in [1.165, 1.54) is 5.56 Å². The maximum Gasteiger partial charge on any atom is 0.223 e. The molecule has 0 aliphatic heterocycles. The second-order valence-electron chi connectivity index (χ2n) is 5.79. The molecular weight excluding hydrogens is 234 g/mol. The van der Waals surface area contributed by atoms with Gasteiger partial charge in [0.15, 0.2) is 0 Å². The standard InChI is InChI=1S/C16H21N3/c1-12(13-8-6-5-7-9-13)18-15-17-11-10-14(19-15)16(2,3)4/h5-12H,1-4H3,(H,17,18,19). The Morgan fingerprint density at radius 2 is 1.74 bits per heavy atom. The summed E-state index contributed by atoms with van der Waals surface area (Å²) in [4.78, 5) is 8.88. The third kappa shape index (κ3) is 3.53. The lowest BCUT2D eigenvalue weighted by atomic mass is 9.92. The van der Waals surface area contributed by atoms with Gasteiger partial charge >= 0.3 is 0 Å². The van der Waals surface area contributed by atoms with E-state index in [2.05, 4.69) is 55.1 Å². The zero-order valence-electron chi connectivity index (χ0n) is 12.0. The summed E-state index contributed by atoms with van der Waals surface area (Å²) >= 11 is 0. The summed E-state index contributed by atoms with van der Waals surface area (Å²) < 4.78 is 0. The molecule has 0 bridgehead atoms. The molecule has 3 heteroatoms. The molecule has 0 radical (unpaired) electrons. The van der Waals surface area contributed by atoms with Crippen LogP contribution >= 0.6 is 0 Å². The van der Waals surface area contributed by atoms with Gasteiger partial charge in [0.1, 0.15) is 0 Å². The van der Waals surface area contributed by atoms with E-state index < -0.39 is 0 Å². The fourth-order valence-corrected chi connectivity index (χ4v) is 1.86. The number of aromatic nitrogens is 2. The van der Waals surface area contributed by atoms with Gasteiger partial charge < -0.3 is 5.32 Å². The molecule has 19 heavy (non-hydrogen) atoms. The van der Waals surface area contributed by atoms with Crippen LogP contribution in [0.25, 0.3) is 0 Å². The molecule has 0 spiro atoms. The Balaban J connectivity index is 2.16. The number of anilines is 1. The second kappa shape index (κ2) is 5.39. The molecule has 1 N–H and O–H groups in total. The first-order chi connectivity index (χ1) is 8.97. The van der Waals surface area contributed by atoms with Crippen LogP contribution < -0.4 is 5.32 Å². The van der Waals surface area contributed by atoms with Crippen LogP contribution in [0.5, 0.6) is 0 Å². The van der Waals surface area contributed by atoms with Gasteiger partial charge in [-0.05, 0) is 18.6 Å². The van der Waals surface area contributed by atoms with Crippen molar-refractivity contribution in [2.24, 2.45) is 0 Å². The van der Waals surface area contributed by atoms with Gasteiger partial charge in [0.05, 0.1) is 11.7 Å². The van der Waals surface area contributed by atoms with Crippen molar-refractivity contribution < 1.29 is 0 Å². The van der Waals surface area contributed by atoms with Crippen molar-refractivity contribution in [2.75, 3.05) is 5.32 Å². The van der Waals surface area contributed by atoms with Gasteiger partial charge in [-0.1, -0.05) is 51.1 Å². The fraction of sp³-hybridized carbons (Fsp3) is 0.375. The molecule has 0 aliphatic rings. The molecule has 1 atom stereocenters. The Morgan fingerprint density at radius 3 is 2.37 bits per heavy atom. The maximum absolute atomic E-state index is 4.59. The first kappa shape index (κ1) is 13.5. The van der Waals surface area contributed by atoms with Crippen LogP contribution in [0.2, 0.25) is 0 Å².